The smallest absolute Gasteiger partial charge is 0.115 e. The van der Waals surface area contributed by atoms with E-state index in [1.807, 2.05) is 0 Å². The summed E-state index contributed by atoms with van der Waals surface area (Å²) in [5.41, 5.74) is 0. The van der Waals surface area contributed by atoms with Gasteiger partial charge < -0.3 is 0 Å². The topological polar surface area (TPSA) is 25.8 Å². The Balaban J connectivity index is 3.08. The molecule has 0 spiro atoms. The maximum absolute atomic E-state index is 6.86. The lowest BCUT2D eigenvalue weighted by molar-refractivity contribution is 1.17. The van der Waals surface area contributed by atoms with Crippen LogP contribution in [0.4, 0.5) is 0 Å². The lowest BCUT2D eigenvalue weighted by Crippen LogP contribution is -1.66. The van der Waals surface area contributed by atoms with Crippen molar-refractivity contribution in [3.05, 3.63) is 24.7 Å². The van der Waals surface area contributed by atoms with Gasteiger partial charge in [0.1, 0.15) is 6.33 Å². The molecule has 0 bridgehead atoms. The second-order valence-electron chi connectivity index (χ2n) is 0.776. The van der Waals surface area contributed by atoms with E-state index in [4.69, 9.17) is 2.74 Å². The molecular weight excluding hydrogens is 76.1 g/mol. The molecule has 0 saturated carbocycles. The summed E-state index contributed by atoms with van der Waals surface area (Å²) in [5, 5.41) is 0. The molecule has 0 aromatic carbocycles. The second-order valence-corrected chi connectivity index (χ2v) is 0.776. The SMILES string of the molecule is [2H]c1cc([2H])ncn1. The molecule has 0 atom stereocenters. The Morgan fingerprint density at radius 2 is 2.00 bits per heavy atom. The Morgan fingerprint density at radius 3 is 2.33 bits per heavy atom. The number of rotatable bonds is 0. The van der Waals surface area contributed by atoms with Gasteiger partial charge in [-0.3, -0.25) is 0 Å². The van der Waals surface area contributed by atoms with E-state index in [0.29, 0.717) is 0 Å². The van der Waals surface area contributed by atoms with Gasteiger partial charge in [0.25, 0.3) is 0 Å². The van der Waals surface area contributed by atoms with Crippen molar-refractivity contribution in [1.29, 1.82) is 0 Å². The highest BCUT2D eigenvalue weighted by atomic mass is 14.8. The molecular formula is C4H4N2. The Bertz CT molecular complexity index is 172. The van der Waals surface area contributed by atoms with Crippen molar-refractivity contribution >= 4 is 0 Å². The summed E-state index contributed by atoms with van der Waals surface area (Å²) in [6.07, 6.45) is 1.38. The molecule has 0 unspecified atom stereocenters. The van der Waals surface area contributed by atoms with Crippen molar-refractivity contribution in [2.24, 2.45) is 0 Å². The zero-order chi connectivity index (χ0) is 5.98. The third-order valence-corrected chi connectivity index (χ3v) is 0.394. The first-order valence-corrected chi connectivity index (χ1v) is 1.54. The minimum absolute atomic E-state index is 0.0880. The summed E-state index contributed by atoms with van der Waals surface area (Å²) < 4.78 is 13.7. The quantitative estimate of drug-likeness (QED) is 0.455. The maximum Gasteiger partial charge on any atom is 0.115 e. The average molecular weight is 82.1 g/mol. The first-order valence-electron chi connectivity index (χ1n) is 2.54. The number of hydrogen-bond acceptors (Lipinski definition) is 2. The molecule has 1 rings (SSSR count). The van der Waals surface area contributed by atoms with Crippen LogP contribution in [0.2, 0.25) is 0 Å². The van der Waals surface area contributed by atoms with Gasteiger partial charge in [0.2, 0.25) is 0 Å². The number of nitrogens with zero attached hydrogens (tertiary/aromatic N) is 2. The first kappa shape index (κ1) is 1.69. The molecule has 0 N–H and O–H groups in total. The van der Waals surface area contributed by atoms with Crippen molar-refractivity contribution in [2.45, 2.75) is 0 Å². The van der Waals surface area contributed by atoms with Gasteiger partial charge in [0, 0.05) is 12.3 Å². The van der Waals surface area contributed by atoms with Crippen LogP contribution in [0.25, 0.3) is 0 Å². The van der Waals surface area contributed by atoms with E-state index >= 15 is 0 Å². The molecule has 2 heteroatoms. The van der Waals surface area contributed by atoms with Gasteiger partial charge in [-0.05, 0) is 6.07 Å². The second kappa shape index (κ2) is 1.50. The standard InChI is InChI=1S/C4H4N2/c1-2-5-4-6-3-1/h1-4H/i2D,3D. The van der Waals surface area contributed by atoms with Gasteiger partial charge in [-0.15, -0.1) is 0 Å². The van der Waals surface area contributed by atoms with Crippen molar-refractivity contribution in [1.82, 2.24) is 9.97 Å². The van der Waals surface area contributed by atoms with Crippen molar-refractivity contribution in [2.75, 3.05) is 0 Å². The average Bonchev–Trinajstić information content (AvgIpc) is 1.64. The Kier molecular flexibility index (Phi) is 0.422. The van der Waals surface area contributed by atoms with Gasteiger partial charge in [0.05, 0.1) is 2.74 Å². The lowest BCUT2D eigenvalue weighted by atomic mass is 10.7. The van der Waals surface area contributed by atoms with Crippen molar-refractivity contribution in [3.63, 3.8) is 0 Å². The summed E-state index contributed by atoms with van der Waals surface area (Å²) in [6, 6.07) is 1.28. The molecule has 1 heterocycles. The third kappa shape index (κ3) is 0.516. The molecule has 0 saturated heterocycles. The third-order valence-electron chi connectivity index (χ3n) is 0.394. The van der Waals surface area contributed by atoms with Crippen LogP contribution in [-0.2, 0) is 0 Å². The molecule has 0 radical (unpaired) electrons. The zero-order valence-corrected chi connectivity index (χ0v) is 3.05. The fraction of sp³-hybridized carbons (Fsp3) is 0. The Labute approximate surface area is 38.7 Å². The normalized spacial score (nSPS) is 12.7. The summed E-state index contributed by atoms with van der Waals surface area (Å²) in [4.78, 5) is 6.95. The molecule has 1 aromatic heterocycles. The van der Waals surface area contributed by atoms with Crippen LogP contribution in [0.5, 0.6) is 0 Å². The summed E-state index contributed by atoms with van der Waals surface area (Å²) >= 11 is 0. The van der Waals surface area contributed by atoms with E-state index in [1.54, 1.807) is 0 Å². The highest BCUT2D eigenvalue weighted by molar-refractivity contribution is 4.74. The Hall–Kier alpha value is -0.920. The van der Waals surface area contributed by atoms with Gasteiger partial charge >= 0.3 is 0 Å². The van der Waals surface area contributed by atoms with Crippen molar-refractivity contribution in [3.8, 4) is 0 Å². The highest BCUT2D eigenvalue weighted by Crippen LogP contribution is 1.66. The van der Waals surface area contributed by atoms with E-state index in [0.717, 1.165) is 0 Å². The van der Waals surface area contributed by atoms with E-state index in [2.05, 4.69) is 9.97 Å². The van der Waals surface area contributed by atoms with Crippen LogP contribution >= 0.6 is 0 Å². The molecule has 6 heavy (non-hydrogen) atoms. The molecule has 1 aromatic rings. The van der Waals surface area contributed by atoms with Crippen LogP contribution in [0, 0.1) is 0 Å². The van der Waals surface area contributed by atoms with E-state index in [1.165, 1.54) is 12.4 Å². The van der Waals surface area contributed by atoms with Gasteiger partial charge in [-0.2, -0.15) is 0 Å². The lowest BCUT2D eigenvalue weighted by Gasteiger charge is -1.70. The fourth-order valence-electron chi connectivity index (χ4n) is 0.199. The minimum Gasteiger partial charge on any atom is -0.245 e. The van der Waals surface area contributed by atoms with Gasteiger partial charge in [-0.1, -0.05) is 0 Å². The summed E-state index contributed by atoms with van der Waals surface area (Å²) in [7, 11) is 0. The summed E-state index contributed by atoms with van der Waals surface area (Å²) in [5.74, 6) is 0. The largest absolute Gasteiger partial charge is 0.245 e. The minimum atomic E-state index is 0.0880. The van der Waals surface area contributed by atoms with E-state index in [-0.39, 0.29) is 12.3 Å². The fourth-order valence-corrected chi connectivity index (χ4v) is 0.199. The molecule has 0 aliphatic heterocycles. The molecule has 0 fully saturated rings. The predicted octanol–water partition coefficient (Wildman–Crippen LogP) is 0.477. The molecule has 30 valence electrons. The van der Waals surface area contributed by atoms with Crippen LogP contribution in [0.3, 0.4) is 0 Å². The maximum atomic E-state index is 6.86. The van der Waals surface area contributed by atoms with E-state index < -0.39 is 0 Å². The summed E-state index contributed by atoms with van der Waals surface area (Å²) in [6.45, 7) is 0. The van der Waals surface area contributed by atoms with Crippen LogP contribution in [-0.4, -0.2) is 9.97 Å². The monoisotopic (exact) mass is 82.1 g/mol. The molecule has 0 amide bonds. The predicted molar refractivity (Wildman–Crippen MR) is 22.0 cm³/mol. The molecule has 2 nitrogen and oxygen atoms in total. The van der Waals surface area contributed by atoms with Crippen LogP contribution in [0.15, 0.2) is 24.7 Å². The zero-order valence-electron chi connectivity index (χ0n) is 5.05. The number of hydrogen-bond donors (Lipinski definition) is 0. The van der Waals surface area contributed by atoms with Gasteiger partial charge in [-0.25, -0.2) is 9.97 Å². The molecule has 0 aliphatic carbocycles. The highest BCUT2D eigenvalue weighted by Gasteiger charge is 1.59. The Morgan fingerprint density at radius 1 is 1.33 bits per heavy atom. The first-order chi connectivity index (χ1) is 3.79. The van der Waals surface area contributed by atoms with E-state index in [9.17, 15) is 0 Å². The molecule has 0 aliphatic rings. The number of aromatic nitrogens is 2. The van der Waals surface area contributed by atoms with Gasteiger partial charge in [0.15, 0.2) is 0 Å². The van der Waals surface area contributed by atoms with Crippen LogP contribution in [0.1, 0.15) is 2.74 Å². The van der Waals surface area contributed by atoms with Crippen LogP contribution < -0.4 is 0 Å². The van der Waals surface area contributed by atoms with Crippen molar-refractivity contribution < 1.29 is 2.74 Å².